The maximum absolute atomic E-state index is 12.1. The van der Waals surface area contributed by atoms with Crippen molar-refractivity contribution in [2.45, 2.75) is 33.2 Å². The van der Waals surface area contributed by atoms with Crippen LogP contribution in [0.4, 0.5) is 10.5 Å². The molecular weight excluding hydrogens is 258 g/mol. The third-order valence-corrected chi connectivity index (χ3v) is 2.81. The van der Waals surface area contributed by atoms with E-state index >= 15 is 0 Å². The van der Waals surface area contributed by atoms with Gasteiger partial charge in [-0.1, -0.05) is 13.3 Å². The molecule has 0 saturated carbocycles. The van der Waals surface area contributed by atoms with Crippen molar-refractivity contribution < 1.29 is 9.59 Å². The summed E-state index contributed by atoms with van der Waals surface area (Å²) in [6.07, 6.45) is 3.43. The minimum atomic E-state index is -0.318. The molecule has 3 amide bonds. The van der Waals surface area contributed by atoms with E-state index in [-0.39, 0.29) is 11.9 Å². The van der Waals surface area contributed by atoms with Gasteiger partial charge >= 0.3 is 6.03 Å². The van der Waals surface area contributed by atoms with E-state index in [9.17, 15) is 9.59 Å². The molecule has 0 unspecified atom stereocenters. The first-order valence-corrected chi connectivity index (χ1v) is 6.83. The molecule has 7 nitrogen and oxygen atoms in total. The van der Waals surface area contributed by atoms with Crippen molar-refractivity contribution >= 4 is 17.6 Å². The topological polar surface area (TPSA) is 79.3 Å². The lowest BCUT2D eigenvalue weighted by atomic mass is 10.3. The fourth-order valence-corrected chi connectivity index (χ4v) is 1.70. The SMILES string of the molecule is CCCCNC(=O)Nc1cnn(CC)c1C(=O)N(C)C. The number of nitrogens with zero attached hydrogens (tertiary/aromatic N) is 3. The van der Waals surface area contributed by atoms with Crippen LogP contribution in [0.2, 0.25) is 0 Å². The van der Waals surface area contributed by atoms with E-state index in [0.29, 0.717) is 24.5 Å². The van der Waals surface area contributed by atoms with Crippen LogP contribution < -0.4 is 10.6 Å². The van der Waals surface area contributed by atoms with Crippen molar-refractivity contribution in [2.75, 3.05) is 26.0 Å². The quantitative estimate of drug-likeness (QED) is 0.776. The van der Waals surface area contributed by atoms with E-state index in [1.54, 1.807) is 18.8 Å². The standard InChI is InChI=1S/C13H23N5O2/c1-5-7-8-14-13(20)16-10-9-15-18(6-2)11(10)12(19)17(3)4/h9H,5-8H2,1-4H3,(H2,14,16,20). The lowest BCUT2D eigenvalue weighted by molar-refractivity contribution is 0.0816. The summed E-state index contributed by atoms with van der Waals surface area (Å²) < 4.78 is 1.57. The second kappa shape index (κ2) is 7.52. The average Bonchev–Trinajstić information content (AvgIpc) is 2.80. The van der Waals surface area contributed by atoms with Crippen molar-refractivity contribution in [3.8, 4) is 0 Å². The van der Waals surface area contributed by atoms with E-state index in [4.69, 9.17) is 0 Å². The molecule has 1 aromatic rings. The molecule has 1 heterocycles. The van der Waals surface area contributed by atoms with E-state index in [1.807, 2.05) is 6.92 Å². The predicted molar refractivity (Wildman–Crippen MR) is 77.8 cm³/mol. The normalized spacial score (nSPS) is 10.2. The molecule has 1 aromatic heterocycles. The monoisotopic (exact) mass is 281 g/mol. The van der Waals surface area contributed by atoms with Gasteiger partial charge in [0.25, 0.3) is 5.91 Å². The summed E-state index contributed by atoms with van der Waals surface area (Å²) in [4.78, 5) is 25.3. The Morgan fingerprint density at radius 1 is 1.35 bits per heavy atom. The van der Waals surface area contributed by atoms with Crippen LogP contribution in [0.1, 0.15) is 37.2 Å². The van der Waals surface area contributed by atoms with Gasteiger partial charge in [0.05, 0.1) is 11.9 Å². The van der Waals surface area contributed by atoms with Crippen LogP contribution >= 0.6 is 0 Å². The molecule has 0 aliphatic carbocycles. The molecule has 0 atom stereocenters. The maximum atomic E-state index is 12.1. The van der Waals surface area contributed by atoms with E-state index in [2.05, 4.69) is 22.7 Å². The number of carbonyl (C=O) groups is 2. The zero-order valence-electron chi connectivity index (χ0n) is 12.6. The molecule has 0 bridgehead atoms. The third kappa shape index (κ3) is 3.97. The second-order valence-electron chi connectivity index (χ2n) is 4.66. The van der Waals surface area contributed by atoms with Crippen LogP contribution in [0.3, 0.4) is 0 Å². The van der Waals surface area contributed by atoms with Crippen molar-refractivity contribution in [3.63, 3.8) is 0 Å². The van der Waals surface area contributed by atoms with Crippen molar-refractivity contribution in [2.24, 2.45) is 0 Å². The van der Waals surface area contributed by atoms with Gasteiger partial charge in [0.1, 0.15) is 5.69 Å². The Kier molecular flexibility index (Phi) is 6.02. The Labute approximate surface area is 119 Å². The van der Waals surface area contributed by atoms with Crippen molar-refractivity contribution in [1.82, 2.24) is 20.0 Å². The van der Waals surface area contributed by atoms with Gasteiger partial charge in [-0.25, -0.2) is 4.79 Å². The first-order valence-electron chi connectivity index (χ1n) is 6.83. The minimum Gasteiger partial charge on any atom is -0.343 e. The highest BCUT2D eigenvalue weighted by molar-refractivity contribution is 6.01. The van der Waals surface area contributed by atoms with Gasteiger partial charge in [-0.15, -0.1) is 0 Å². The highest BCUT2D eigenvalue weighted by Gasteiger charge is 2.20. The lowest BCUT2D eigenvalue weighted by Crippen LogP contribution is -2.31. The lowest BCUT2D eigenvalue weighted by Gasteiger charge is -2.13. The molecule has 7 heteroatoms. The third-order valence-electron chi connectivity index (χ3n) is 2.81. The Balaban J connectivity index is 2.82. The fraction of sp³-hybridized carbons (Fsp3) is 0.615. The number of aromatic nitrogens is 2. The smallest absolute Gasteiger partial charge is 0.319 e. The van der Waals surface area contributed by atoms with Gasteiger partial charge in [0, 0.05) is 27.2 Å². The number of hydrogen-bond acceptors (Lipinski definition) is 3. The summed E-state index contributed by atoms with van der Waals surface area (Å²) in [7, 11) is 3.33. The summed E-state index contributed by atoms with van der Waals surface area (Å²) in [5.41, 5.74) is 0.822. The maximum Gasteiger partial charge on any atom is 0.319 e. The Morgan fingerprint density at radius 2 is 2.05 bits per heavy atom. The van der Waals surface area contributed by atoms with Gasteiger partial charge in [0.2, 0.25) is 0 Å². The molecule has 0 aliphatic rings. The van der Waals surface area contributed by atoms with Crippen LogP contribution in [-0.4, -0.2) is 47.3 Å². The molecule has 112 valence electrons. The van der Waals surface area contributed by atoms with Crippen LogP contribution in [0.25, 0.3) is 0 Å². The van der Waals surface area contributed by atoms with Crippen LogP contribution in [0, 0.1) is 0 Å². The molecule has 0 spiro atoms. The second-order valence-corrected chi connectivity index (χ2v) is 4.66. The number of hydrogen-bond donors (Lipinski definition) is 2. The number of nitrogens with one attached hydrogen (secondary N) is 2. The van der Waals surface area contributed by atoms with Crippen LogP contribution in [-0.2, 0) is 6.54 Å². The highest BCUT2D eigenvalue weighted by Crippen LogP contribution is 2.16. The van der Waals surface area contributed by atoms with Gasteiger partial charge in [-0.05, 0) is 13.3 Å². The molecule has 0 fully saturated rings. The minimum absolute atomic E-state index is 0.187. The zero-order chi connectivity index (χ0) is 15.1. The first-order chi connectivity index (χ1) is 9.51. The summed E-state index contributed by atoms with van der Waals surface area (Å²) in [6.45, 7) is 5.12. The Morgan fingerprint density at radius 3 is 2.60 bits per heavy atom. The number of anilines is 1. The fourth-order valence-electron chi connectivity index (χ4n) is 1.70. The van der Waals surface area contributed by atoms with Gasteiger partial charge in [0.15, 0.2) is 0 Å². The van der Waals surface area contributed by atoms with Gasteiger partial charge < -0.3 is 15.5 Å². The largest absolute Gasteiger partial charge is 0.343 e. The van der Waals surface area contributed by atoms with Gasteiger partial charge in [-0.2, -0.15) is 5.10 Å². The van der Waals surface area contributed by atoms with Gasteiger partial charge in [-0.3, -0.25) is 9.48 Å². The van der Waals surface area contributed by atoms with Crippen LogP contribution in [0.5, 0.6) is 0 Å². The number of carbonyl (C=O) groups excluding carboxylic acids is 2. The summed E-state index contributed by atoms with van der Waals surface area (Å²) >= 11 is 0. The first kappa shape index (κ1) is 16.0. The number of aryl methyl sites for hydroxylation is 1. The number of rotatable bonds is 6. The molecule has 1 rings (SSSR count). The van der Waals surface area contributed by atoms with E-state index in [1.165, 1.54) is 11.1 Å². The molecular formula is C13H23N5O2. The molecule has 0 saturated heterocycles. The summed E-state index contributed by atoms with van der Waals surface area (Å²) in [6, 6.07) is -0.318. The van der Waals surface area contributed by atoms with Crippen molar-refractivity contribution in [1.29, 1.82) is 0 Å². The highest BCUT2D eigenvalue weighted by atomic mass is 16.2. The van der Waals surface area contributed by atoms with E-state index in [0.717, 1.165) is 12.8 Å². The molecule has 20 heavy (non-hydrogen) atoms. The van der Waals surface area contributed by atoms with E-state index < -0.39 is 0 Å². The summed E-state index contributed by atoms with van der Waals surface area (Å²) in [5.74, 6) is -0.187. The summed E-state index contributed by atoms with van der Waals surface area (Å²) in [5, 5.41) is 9.54. The van der Waals surface area contributed by atoms with Crippen LogP contribution in [0.15, 0.2) is 6.20 Å². The molecule has 0 aliphatic heterocycles. The molecule has 0 aromatic carbocycles. The number of urea groups is 1. The van der Waals surface area contributed by atoms with Crippen molar-refractivity contribution in [3.05, 3.63) is 11.9 Å². The molecule has 0 radical (unpaired) electrons. The molecule has 2 N–H and O–H groups in total. The number of amides is 3. The average molecular weight is 281 g/mol. The number of unbranched alkanes of at least 4 members (excludes halogenated alkanes) is 1. The predicted octanol–water partition coefficient (Wildman–Crippen LogP) is 1.53. The Bertz CT molecular complexity index is 467. The Hall–Kier alpha value is -2.05. The zero-order valence-corrected chi connectivity index (χ0v) is 12.6.